The highest BCUT2D eigenvalue weighted by molar-refractivity contribution is 7.99. The van der Waals surface area contributed by atoms with Gasteiger partial charge in [-0.3, -0.25) is 4.79 Å². The summed E-state index contributed by atoms with van der Waals surface area (Å²) in [6.07, 6.45) is -2.11. The van der Waals surface area contributed by atoms with Gasteiger partial charge in [0.15, 0.2) is 0 Å². The average Bonchev–Trinajstić information content (AvgIpc) is 2.71. The molecule has 1 heterocycles. The first-order valence-corrected chi connectivity index (χ1v) is 7.73. The molecular formula is C11H15F4N3OS2. The molecular weight excluding hydrogens is 330 g/mol. The van der Waals surface area contributed by atoms with Crippen molar-refractivity contribution in [1.82, 2.24) is 4.90 Å². The van der Waals surface area contributed by atoms with Gasteiger partial charge in [-0.1, -0.05) is 0 Å². The number of nitrogens with two attached hydrogens (primary N) is 1. The van der Waals surface area contributed by atoms with Gasteiger partial charge in [-0.15, -0.1) is 23.1 Å². The first-order valence-electron chi connectivity index (χ1n) is 5.69. The molecule has 120 valence electrons. The predicted octanol–water partition coefficient (Wildman–Crippen LogP) is 3.07. The highest BCUT2D eigenvalue weighted by atomic mass is 32.2. The van der Waals surface area contributed by atoms with Gasteiger partial charge in [-0.05, 0) is 6.26 Å². The van der Waals surface area contributed by atoms with E-state index in [9.17, 15) is 22.4 Å². The second kappa shape index (κ2) is 6.73. The summed E-state index contributed by atoms with van der Waals surface area (Å²) in [4.78, 5) is 13.8. The Bertz CT molecular complexity index is 520. The van der Waals surface area contributed by atoms with Crippen LogP contribution in [0.25, 0.3) is 0 Å². The number of nitrogens with zero attached hydrogens (tertiary/aromatic N) is 1. The fourth-order valence-corrected chi connectivity index (χ4v) is 3.44. The van der Waals surface area contributed by atoms with Crippen molar-refractivity contribution in [2.45, 2.75) is 17.2 Å². The fraction of sp³-hybridized carbons (Fsp3) is 0.545. The largest absolute Gasteiger partial charge is 0.396 e. The summed E-state index contributed by atoms with van der Waals surface area (Å²) < 4.78 is 50.2. The number of nitrogen functional groups attached to an aromatic ring is 1. The van der Waals surface area contributed by atoms with E-state index in [1.54, 1.807) is 6.26 Å². The molecule has 21 heavy (non-hydrogen) atoms. The van der Waals surface area contributed by atoms with Gasteiger partial charge in [0, 0.05) is 14.1 Å². The molecule has 1 rings (SSSR count). The molecule has 0 saturated heterocycles. The third-order valence-corrected chi connectivity index (χ3v) is 4.62. The van der Waals surface area contributed by atoms with Crippen molar-refractivity contribution in [1.29, 1.82) is 0 Å². The lowest BCUT2D eigenvalue weighted by molar-refractivity contribution is -0.117. The van der Waals surface area contributed by atoms with Crippen LogP contribution < -0.4 is 11.1 Å². The topological polar surface area (TPSA) is 58.4 Å². The molecule has 3 N–H and O–H groups in total. The summed E-state index contributed by atoms with van der Waals surface area (Å²) in [5, 5.41) is 2.44. The number of hydrogen-bond donors (Lipinski definition) is 2. The first-order chi connectivity index (χ1) is 9.61. The van der Waals surface area contributed by atoms with Crippen LogP contribution in [-0.4, -0.2) is 50.1 Å². The Morgan fingerprint density at radius 2 is 2.05 bits per heavy atom. The second-order valence-electron chi connectivity index (χ2n) is 4.32. The number of halogens is 4. The summed E-state index contributed by atoms with van der Waals surface area (Å²) in [6, 6.07) is 0. The second-order valence-corrected chi connectivity index (χ2v) is 6.16. The molecule has 10 heteroatoms. The molecule has 0 bridgehead atoms. The van der Waals surface area contributed by atoms with Crippen LogP contribution >= 0.6 is 23.1 Å². The Labute approximate surface area is 127 Å². The van der Waals surface area contributed by atoms with Crippen LogP contribution in [0.15, 0.2) is 4.90 Å². The molecule has 0 fully saturated rings. The van der Waals surface area contributed by atoms with Crippen LogP contribution in [0.5, 0.6) is 0 Å². The molecule has 1 aromatic rings. The number of alkyl halides is 4. The standard InChI is InChI=1S/C11H15F4N3OS2/c1-18(2)9(19)7-5(16)6(20-3)8(21-7)17-4-11(14,15)10(12)13/h10,17H,4,16H2,1-3H3. The maximum atomic E-state index is 12.9. The summed E-state index contributed by atoms with van der Waals surface area (Å²) in [5.41, 5.74) is 5.98. The van der Waals surface area contributed by atoms with E-state index in [-0.39, 0.29) is 21.5 Å². The van der Waals surface area contributed by atoms with Crippen LogP contribution in [0.4, 0.5) is 28.3 Å². The lowest BCUT2D eigenvalue weighted by Gasteiger charge is -2.16. The highest BCUT2D eigenvalue weighted by Crippen LogP contribution is 2.42. The van der Waals surface area contributed by atoms with Crippen molar-refractivity contribution in [3.8, 4) is 0 Å². The minimum absolute atomic E-state index is 0.161. The highest BCUT2D eigenvalue weighted by Gasteiger charge is 2.40. The molecule has 0 unspecified atom stereocenters. The zero-order valence-corrected chi connectivity index (χ0v) is 13.2. The summed E-state index contributed by atoms with van der Waals surface area (Å²) in [6.45, 7) is -1.23. The zero-order valence-electron chi connectivity index (χ0n) is 11.5. The lowest BCUT2D eigenvalue weighted by atomic mass is 10.3. The smallest absolute Gasteiger partial charge is 0.324 e. The molecule has 0 aliphatic carbocycles. The van der Waals surface area contributed by atoms with Crippen molar-refractivity contribution in [3.05, 3.63) is 4.88 Å². The SMILES string of the molecule is CSc1c(NCC(F)(F)C(F)F)sc(C(=O)N(C)C)c1N. The Morgan fingerprint density at radius 1 is 1.48 bits per heavy atom. The summed E-state index contributed by atoms with van der Waals surface area (Å²) in [5.74, 6) is -4.53. The van der Waals surface area contributed by atoms with Gasteiger partial charge in [0.1, 0.15) is 9.88 Å². The van der Waals surface area contributed by atoms with Gasteiger partial charge in [0.2, 0.25) is 0 Å². The van der Waals surface area contributed by atoms with Crippen LogP contribution in [0.1, 0.15) is 9.67 Å². The van der Waals surface area contributed by atoms with Gasteiger partial charge in [0.05, 0.1) is 17.1 Å². The van der Waals surface area contributed by atoms with Crippen molar-refractivity contribution in [3.63, 3.8) is 0 Å². The Hall–Kier alpha value is -1.16. The van der Waals surface area contributed by atoms with Crippen molar-refractivity contribution in [2.24, 2.45) is 0 Å². The zero-order chi connectivity index (χ0) is 16.4. The number of carbonyl (C=O) groups excluding carboxylic acids is 1. The monoisotopic (exact) mass is 345 g/mol. The van der Waals surface area contributed by atoms with Gasteiger partial charge in [-0.25, -0.2) is 8.78 Å². The van der Waals surface area contributed by atoms with Crippen molar-refractivity contribution < 1.29 is 22.4 Å². The first kappa shape index (κ1) is 17.9. The van der Waals surface area contributed by atoms with Gasteiger partial charge >= 0.3 is 12.3 Å². The molecule has 4 nitrogen and oxygen atoms in total. The molecule has 0 aliphatic heterocycles. The van der Waals surface area contributed by atoms with E-state index in [2.05, 4.69) is 5.32 Å². The van der Waals surface area contributed by atoms with Crippen molar-refractivity contribution >= 4 is 39.7 Å². The van der Waals surface area contributed by atoms with Gasteiger partial charge in [0.25, 0.3) is 5.91 Å². The normalized spacial score (nSPS) is 11.8. The molecule has 1 aromatic heterocycles. The number of amides is 1. The number of carbonyl (C=O) groups is 1. The van der Waals surface area contributed by atoms with E-state index in [4.69, 9.17) is 5.73 Å². The van der Waals surface area contributed by atoms with Crippen LogP contribution in [-0.2, 0) is 0 Å². The molecule has 0 aromatic carbocycles. The average molecular weight is 345 g/mol. The van der Waals surface area contributed by atoms with E-state index in [0.717, 1.165) is 23.1 Å². The number of thioether (sulfide) groups is 1. The number of hydrogen-bond acceptors (Lipinski definition) is 5. The van der Waals surface area contributed by atoms with E-state index in [1.807, 2.05) is 0 Å². The van der Waals surface area contributed by atoms with Gasteiger partial charge in [-0.2, -0.15) is 8.78 Å². The van der Waals surface area contributed by atoms with E-state index >= 15 is 0 Å². The molecule has 0 radical (unpaired) electrons. The predicted molar refractivity (Wildman–Crippen MR) is 78.0 cm³/mol. The maximum absolute atomic E-state index is 12.9. The summed E-state index contributed by atoms with van der Waals surface area (Å²) >= 11 is 2.02. The third kappa shape index (κ3) is 3.94. The minimum Gasteiger partial charge on any atom is -0.396 e. The quantitative estimate of drug-likeness (QED) is 0.615. The number of anilines is 2. The van der Waals surface area contributed by atoms with E-state index < -0.39 is 18.9 Å². The Morgan fingerprint density at radius 3 is 2.48 bits per heavy atom. The van der Waals surface area contributed by atoms with E-state index in [1.165, 1.54) is 19.0 Å². The maximum Gasteiger partial charge on any atom is 0.324 e. The number of rotatable bonds is 6. The van der Waals surface area contributed by atoms with Crippen LogP contribution in [0.3, 0.4) is 0 Å². The number of thiophene rings is 1. The molecule has 0 atom stereocenters. The van der Waals surface area contributed by atoms with Crippen molar-refractivity contribution in [2.75, 3.05) is 37.9 Å². The lowest BCUT2D eigenvalue weighted by Crippen LogP contribution is -2.34. The van der Waals surface area contributed by atoms with Crippen LogP contribution in [0, 0.1) is 0 Å². The van der Waals surface area contributed by atoms with E-state index in [0.29, 0.717) is 4.90 Å². The van der Waals surface area contributed by atoms with Gasteiger partial charge < -0.3 is 16.0 Å². The Balaban J connectivity index is 3.03. The minimum atomic E-state index is -4.15. The summed E-state index contributed by atoms with van der Waals surface area (Å²) in [7, 11) is 3.05. The molecule has 0 saturated carbocycles. The Kier molecular flexibility index (Phi) is 5.74. The molecule has 0 spiro atoms. The molecule has 0 aliphatic rings. The molecule has 1 amide bonds. The third-order valence-electron chi connectivity index (χ3n) is 2.51. The fourth-order valence-electron chi connectivity index (χ4n) is 1.39. The van der Waals surface area contributed by atoms with Crippen LogP contribution in [0.2, 0.25) is 0 Å². The number of nitrogens with one attached hydrogen (secondary N) is 1.